The average molecular weight is 371 g/mol. The largest absolute Gasteiger partial charge is 0.312 e. The van der Waals surface area contributed by atoms with E-state index in [2.05, 4.69) is 4.72 Å². The zero-order valence-electron chi connectivity index (χ0n) is 12.4. The van der Waals surface area contributed by atoms with Crippen molar-refractivity contribution in [1.82, 2.24) is 0 Å². The van der Waals surface area contributed by atoms with E-state index in [0.29, 0.717) is 29.4 Å². The van der Waals surface area contributed by atoms with Crippen molar-refractivity contribution in [3.8, 4) is 0 Å². The molecule has 0 radical (unpaired) electrons. The van der Waals surface area contributed by atoms with Gasteiger partial charge in [-0.2, -0.15) is 0 Å². The first-order valence-electron chi connectivity index (χ1n) is 7.12. The molecule has 0 spiro atoms. The number of sulfonamides is 1. The van der Waals surface area contributed by atoms with Crippen LogP contribution in [-0.2, 0) is 21.2 Å². The van der Waals surface area contributed by atoms with E-state index >= 15 is 0 Å². The molecule has 0 unspecified atom stereocenters. The van der Waals surface area contributed by atoms with Gasteiger partial charge in [0.2, 0.25) is 5.91 Å². The number of fused-ring (bicyclic) bond motifs is 1. The molecule has 1 amide bonds. The number of halogens is 1. The van der Waals surface area contributed by atoms with Gasteiger partial charge in [0.15, 0.2) is 0 Å². The topological polar surface area (TPSA) is 66.5 Å². The van der Waals surface area contributed by atoms with Crippen LogP contribution in [0.5, 0.6) is 0 Å². The minimum atomic E-state index is -3.65. The number of hydrogen-bond acceptors (Lipinski definition) is 4. The Morgan fingerprint density at radius 1 is 1.26 bits per heavy atom. The van der Waals surface area contributed by atoms with Crippen LogP contribution in [0.1, 0.15) is 18.9 Å². The molecule has 23 heavy (non-hydrogen) atoms. The van der Waals surface area contributed by atoms with Crippen LogP contribution >= 0.6 is 22.9 Å². The molecule has 0 aliphatic carbocycles. The molecule has 0 bridgehead atoms. The summed E-state index contributed by atoms with van der Waals surface area (Å²) >= 11 is 6.81. The first kappa shape index (κ1) is 16.3. The second-order valence-electron chi connectivity index (χ2n) is 5.15. The van der Waals surface area contributed by atoms with Gasteiger partial charge < -0.3 is 4.90 Å². The van der Waals surface area contributed by atoms with Crippen molar-refractivity contribution in [2.45, 2.75) is 24.0 Å². The number of anilines is 2. The van der Waals surface area contributed by atoms with Crippen molar-refractivity contribution in [2.75, 3.05) is 16.2 Å². The summed E-state index contributed by atoms with van der Waals surface area (Å²) in [6, 6.07) is 8.28. The zero-order chi connectivity index (χ0) is 16.6. The van der Waals surface area contributed by atoms with Gasteiger partial charge in [0.25, 0.3) is 10.0 Å². The maximum atomic E-state index is 12.3. The first-order chi connectivity index (χ1) is 10.9. The van der Waals surface area contributed by atoms with E-state index in [0.717, 1.165) is 22.6 Å². The molecule has 3 rings (SSSR count). The average Bonchev–Trinajstić information content (AvgIpc) is 2.94. The van der Waals surface area contributed by atoms with Gasteiger partial charge in [-0.15, -0.1) is 11.3 Å². The van der Waals surface area contributed by atoms with E-state index in [1.807, 2.05) is 6.92 Å². The van der Waals surface area contributed by atoms with E-state index in [9.17, 15) is 13.2 Å². The fraction of sp³-hybridized carbons (Fsp3) is 0.267. The molecule has 0 saturated heterocycles. The Kier molecular flexibility index (Phi) is 4.35. The number of nitrogens with zero attached hydrogens (tertiary/aromatic N) is 1. The summed E-state index contributed by atoms with van der Waals surface area (Å²) < 4.78 is 27.8. The highest BCUT2D eigenvalue weighted by Crippen LogP contribution is 2.32. The summed E-state index contributed by atoms with van der Waals surface area (Å²) in [5, 5.41) is 0. The lowest BCUT2D eigenvalue weighted by molar-refractivity contribution is -0.118. The molecule has 8 heteroatoms. The molecule has 0 saturated carbocycles. The lowest BCUT2D eigenvalue weighted by atomic mass is 10.0. The van der Waals surface area contributed by atoms with Crippen LogP contribution in [0.4, 0.5) is 11.4 Å². The van der Waals surface area contributed by atoms with Gasteiger partial charge in [-0.25, -0.2) is 8.42 Å². The van der Waals surface area contributed by atoms with Gasteiger partial charge in [-0.3, -0.25) is 9.52 Å². The van der Waals surface area contributed by atoms with Gasteiger partial charge >= 0.3 is 0 Å². The van der Waals surface area contributed by atoms with Crippen LogP contribution in [0, 0.1) is 0 Å². The lowest BCUT2D eigenvalue weighted by Gasteiger charge is -2.28. The summed E-state index contributed by atoms with van der Waals surface area (Å²) in [6.45, 7) is 2.52. The predicted octanol–water partition coefficient (Wildman–Crippen LogP) is 3.50. The Bertz CT molecular complexity index is 861. The minimum absolute atomic E-state index is 0.0987. The summed E-state index contributed by atoms with van der Waals surface area (Å²) in [5.41, 5.74) is 2.31. The molecule has 2 heterocycles. The zero-order valence-corrected chi connectivity index (χ0v) is 14.8. The Morgan fingerprint density at radius 3 is 2.70 bits per heavy atom. The summed E-state index contributed by atoms with van der Waals surface area (Å²) in [6.07, 6.45) is 1.06. The number of benzene rings is 1. The van der Waals surface area contributed by atoms with Gasteiger partial charge in [-0.1, -0.05) is 11.6 Å². The standard InChI is InChI=1S/C15H15ClN2O3S2/c1-2-18-12-5-4-11(9-10(12)3-7-14(18)19)17-23(20,21)15-8-6-13(16)22-15/h4-6,8-9,17H,2-3,7H2,1H3. The fourth-order valence-electron chi connectivity index (χ4n) is 2.62. The van der Waals surface area contributed by atoms with Gasteiger partial charge in [0.1, 0.15) is 4.21 Å². The number of nitrogens with one attached hydrogen (secondary N) is 1. The summed E-state index contributed by atoms with van der Waals surface area (Å²) in [4.78, 5) is 13.6. The molecule has 0 atom stereocenters. The van der Waals surface area contributed by atoms with Gasteiger partial charge in [0, 0.05) is 24.3 Å². The first-order valence-corrected chi connectivity index (χ1v) is 9.80. The van der Waals surface area contributed by atoms with E-state index in [1.54, 1.807) is 29.2 Å². The van der Waals surface area contributed by atoms with Gasteiger partial charge in [0.05, 0.1) is 4.34 Å². The molecular formula is C15H15ClN2O3S2. The quantitative estimate of drug-likeness (QED) is 0.895. The normalized spacial score (nSPS) is 14.7. The Balaban J connectivity index is 1.90. The molecular weight excluding hydrogens is 356 g/mol. The number of thiophene rings is 1. The van der Waals surface area contributed by atoms with Crippen LogP contribution < -0.4 is 9.62 Å². The molecule has 1 aromatic carbocycles. The minimum Gasteiger partial charge on any atom is -0.312 e. The molecule has 1 N–H and O–H groups in total. The van der Waals surface area contributed by atoms with Crippen molar-refractivity contribution in [1.29, 1.82) is 0 Å². The molecule has 1 aromatic heterocycles. The third-order valence-electron chi connectivity index (χ3n) is 3.66. The predicted molar refractivity (Wildman–Crippen MR) is 92.9 cm³/mol. The number of aryl methyl sites for hydroxylation is 1. The fourth-order valence-corrected chi connectivity index (χ4v) is 5.15. The maximum absolute atomic E-state index is 12.3. The van der Waals surface area contributed by atoms with Crippen molar-refractivity contribution in [3.63, 3.8) is 0 Å². The van der Waals surface area contributed by atoms with Gasteiger partial charge in [-0.05, 0) is 49.2 Å². The second-order valence-corrected chi connectivity index (χ2v) is 8.77. The maximum Gasteiger partial charge on any atom is 0.271 e. The highest BCUT2D eigenvalue weighted by atomic mass is 35.5. The number of amides is 1. The Hall–Kier alpha value is -1.57. The third kappa shape index (κ3) is 3.22. The van der Waals surface area contributed by atoms with Crippen LogP contribution in [0.15, 0.2) is 34.5 Å². The molecule has 2 aromatic rings. The summed E-state index contributed by atoms with van der Waals surface area (Å²) in [7, 11) is -3.65. The van der Waals surface area contributed by atoms with Crippen molar-refractivity contribution < 1.29 is 13.2 Å². The number of rotatable bonds is 4. The highest BCUT2D eigenvalue weighted by molar-refractivity contribution is 7.94. The Morgan fingerprint density at radius 2 is 2.04 bits per heavy atom. The van der Waals surface area contributed by atoms with Crippen LogP contribution in [0.25, 0.3) is 0 Å². The van der Waals surface area contributed by atoms with E-state index < -0.39 is 10.0 Å². The molecule has 0 fully saturated rings. The van der Waals surface area contributed by atoms with Crippen LogP contribution in [0.3, 0.4) is 0 Å². The highest BCUT2D eigenvalue weighted by Gasteiger charge is 2.24. The number of carbonyl (C=O) groups excluding carboxylic acids is 1. The Labute approximate surface area is 143 Å². The monoisotopic (exact) mass is 370 g/mol. The van der Waals surface area contributed by atoms with Crippen LogP contribution in [0.2, 0.25) is 4.34 Å². The lowest BCUT2D eigenvalue weighted by Crippen LogP contribution is -2.34. The molecule has 5 nitrogen and oxygen atoms in total. The molecule has 122 valence electrons. The molecule has 1 aliphatic heterocycles. The third-order valence-corrected chi connectivity index (χ3v) is 6.77. The van der Waals surface area contributed by atoms with E-state index in [-0.39, 0.29) is 10.1 Å². The van der Waals surface area contributed by atoms with Crippen molar-refractivity contribution in [3.05, 3.63) is 40.2 Å². The number of carbonyl (C=O) groups is 1. The van der Waals surface area contributed by atoms with E-state index in [4.69, 9.17) is 11.6 Å². The SMILES string of the molecule is CCN1C(=O)CCc2cc(NS(=O)(=O)c3ccc(Cl)s3)ccc21. The van der Waals surface area contributed by atoms with E-state index in [1.165, 1.54) is 6.07 Å². The second kappa shape index (κ2) is 6.14. The van der Waals surface area contributed by atoms with Crippen LogP contribution in [-0.4, -0.2) is 20.9 Å². The van der Waals surface area contributed by atoms with Crippen molar-refractivity contribution >= 4 is 50.2 Å². The number of hydrogen-bond donors (Lipinski definition) is 1. The molecule has 1 aliphatic rings. The van der Waals surface area contributed by atoms with Crippen molar-refractivity contribution in [2.24, 2.45) is 0 Å². The smallest absolute Gasteiger partial charge is 0.271 e. The summed E-state index contributed by atoms with van der Waals surface area (Å²) in [5.74, 6) is 0.0987.